The predicted molar refractivity (Wildman–Crippen MR) is 59.4 cm³/mol. The molecule has 0 aromatic heterocycles. The highest BCUT2D eigenvalue weighted by molar-refractivity contribution is 5.84. The second-order valence-corrected chi connectivity index (χ2v) is 4.03. The van der Waals surface area contributed by atoms with E-state index in [4.69, 9.17) is 5.26 Å². The summed E-state index contributed by atoms with van der Waals surface area (Å²) in [5.74, 6) is 0.211. The molecule has 0 aromatic carbocycles. The Bertz CT molecular complexity index is 217. The van der Waals surface area contributed by atoms with E-state index in [1.807, 2.05) is 0 Å². The van der Waals surface area contributed by atoms with Crippen LogP contribution in [0.2, 0.25) is 0 Å². The van der Waals surface area contributed by atoms with Crippen LogP contribution in [0.15, 0.2) is 4.99 Å². The first kappa shape index (κ1) is 11.2. The van der Waals surface area contributed by atoms with Crippen LogP contribution in [0.5, 0.6) is 0 Å². The molecular formula is C12H20N2. The molecule has 0 N–H and O–H groups in total. The maximum atomic E-state index is 8.76. The second-order valence-electron chi connectivity index (χ2n) is 4.03. The highest BCUT2D eigenvalue weighted by Gasteiger charge is 2.07. The molecule has 1 aliphatic rings. The van der Waals surface area contributed by atoms with E-state index in [9.17, 15) is 0 Å². The van der Waals surface area contributed by atoms with Crippen molar-refractivity contribution < 1.29 is 0 Å². The van der Waals surface area contributed by atoms with Crippen molar-refractivity contribution in [2.24, 2.45) is 10.9 Å². The average molecular weight is 192 g/mol. The summed E-state index contributed by atoms with van der Waals surface area (Å²) in [7, 11) is 0. The minimum atomic E-state index is 0.211. The van der Waals surface area contributed by atoms with Gasteiger partial charge in [0.2, 0.25) is 0 Å². The van der Waals surface area contributed by atoms with Gasteiger partial charge < -0.3 is 0 Å². The summed E-state index contributed by atoms with van der Waals surface area (Å²) < 4.78 is 0. The summed E-state index contributed by atoms with van der Waals surface area (Å²) in [6.07, 6.45) is 8.29. The molecule has 78 valence electrons. The first-order valence-corrected chi connectivity index (χ1v) is 5.78. The molecule has 0 spiro atoms. The van der Waals surface area contributed by atoms with Crippen LogP contribution >= 0.6 is 0 Å². The zero-order valence-corrected chi connectivity index (χ0v) is 9.13. The van der Waals surface area contributed by atoms with E-state index < -0.39 is 0 Å². The van der Waals surface area contributed by atoms with Gasteiger partial charge in [0, 0.05) is 18.2 Å². The lowest BCUT2D eigenvalue weighted by Crippen LogP contribution is -2.06. The molecule has 0 aliphatic heterocycles. The molecule has 1 fully saturated rings. The van der Waals surface area contributed by atoms with Crippen LogP contribution in [0.4, 0.5) is 0 Å². The maximum absolute atomic E-state index is 8.76. The van der Waals surface area contributed by atoms with E-state index in [0.717, 1.165) is 19.4 Å². The first-order valence-electron chi connectivity index (χ1n) is 5.78. The molecule has 1 atom stereocenters. The minimum absolute atomic E-state index is 0.211. The van der Waals surface area contributed by atoms with Gasteiger partial charge in [0.25, 0.3) is 0 Å². The fourth-order valence-corrected chi connectivity index (χ4v) is 1.86. The summed E-state index contributed by atoms with van der Waals surface area (Å²) in [6.45, 7) is 2.93. The van der Waals surface area contributed by atoms with Crippen LogP contribution in [0.25, 0.3) is 0 Å². The molecule has 1 unspecified atom stereocenters. The molecular weight excluding hydrogens is 172 g/mol. The van der Waals surface area contributed by atoms with Crippen LogP contribution in [-0.2, 0) is 0 Å². The van der Waals surface area contributed by atoms with E-state index >= 15 is 0 Å². The van der Waals surface area contributed by atoms with E-state index in [-0.39, 0.29) is 5.92 Å². The summed E-state index contributed by atoms with van der Waals surface area (Å²) in [5, 5.41) is 8.76. The van der Waals surface area contributed by atoms with Crippen LogP contribution in [0.1, 0.15) is 51.9 Å². The highest BCUT2D eigenvalue weighted by Crippen LogP contribution is 2.15. The van der Waals surface area contributed by atoms with E-state index in [2.05, 4.69) is 18.0 Å². The lowest BCUT2D eigenvalue weighted by atomic mass is 9.98. The fraction of sp³-hybridized carbons (Fsp3) is 0.833. The van der Waals surface area contributed by atoms with E-state index in [1.165, 1.54) is 37.8 Å². The molecule has 2 heteroatoms. The smallest absolute Gasteiger partial charge is 0.0656 e. The van der Waals surface area contributed by atoms with Gasteiger partial charge in [-0.15, -0.1) is 0 Å². The first-order chi connectivity index (χ1) is 6.86. The van der Waals surface area contributed by atoms with Gasteiger partial charge in [-0.25, -0.2) is 0 Å². The van der Waals surface area contributed by atoms with Crippen molar-refractivity contribution in [1.29, 1.82) is 5.26 Å². The van der Waals surface area contributed by atoms with Crippen molar-refractivity contribution >= 4 is 5.71 Å². The molecule has 0 amide bonds. The Kier molecular flexibility index (Phi) is 5.29. The number of hydrogen-bond donors (Lipinski definition) is 0. The quantitative estimate of drug-likeness (QED) is 0.673. The Morgan fingerprint density at radius 1 is 1.36 bits per heavy atom. The summed E-state index contributed by atoms with van der Waals surface area (Å²) >= 11 is 0. The van der Waals surface area contributed by atoms with Crippen LogP contribution in [0.3, 0.4) is 0 Å². The molecule has 1 rings (SSSR count). The number of rotatable bonds is 4. The van der Waals surface area contributed by atoms with Gasteiger partial charge in [-0.05, 0) is 38.5 Å². The number of nitrogens with zero attached hydrogens (tertiary/aromatic N) is 2. The van der Waals surface area contributed by atoms with Crippen LogP contribution in [0, 0.1) is 17.2 Å². The molecule has 0 radical (unpaired) electrons. The third-order valence-corrected chi connectivity index (χ3v) is 2.92. The molecule has 1 saturated carbocycles. The Morgan fingerprint density at radius 2 is 2.07 bits per heavy atom. The standard InChI is InChI=1S/C12H20N2/c1-2-11(10-13)8-9-14-12-6-4-3-5-7-12/h11H,2-9H2,1H3. The van der Waals surface area contributed by atoms with Crippen LogP contribution in [-0.4, -0.2) is 12.3 Å². The van der Waals surface area contributed by atoms with Crippen molar-refractivity contribution in [3.63, 3.8) is 0 Å². The van der Waals surface area contributed by atoms with Gasteiger partial charge in [-0.2, -0.15) is 5.26 Å². The largest absolute Gasteiger partial charge is 0.294 e. The van der Waals surface area contributed by atoms with Gasteiger partial charge >= 0.3 is 0 Å². The zero-order valence-electron chi connectivity index (χ0n) is 9.13. The van der Waals surface area contributed by atoms with Crippen molar-refractivity contribution in [2.75, 3.05) is 6.54 Å². The summed E-state index contributed by atoms with van der Waals surface area (Å²) in [4.78, 5) is 4.58. The van der Waals surface area contributed by atoms with E-state index in [1.54, 1.807) is 0 Å². The molecule has 14 heavy (non-hydrogen) atoms. The average Bonchev–Trinajstić information content (AvgIpc) is 2.26. The Hall–Kier alpha value is -0.840. The minimum Gasteiger partial charge on any atom is -0.294 e. The van der Waals surface area contributed by atoms with Gasteiger partial charge in [-0.1, -0.05) is 13.3 Å². The number of hydrogen-bond acceptors (Lipinski definition) is 2. The van der Waals surface area contributed by atoms with Gasteiger partial charge in [0.15, 0.2) is 0 Å². The third kappa shape index (κ3) is 3.91. The SMILES string of the molecule is CCC(C#N)CCN=C1CCCCC1. The Morgan fingerprint density at radius 3 is 2.64 bits per heavy atom. The van der Waals surface area contributed by atoms with Crippen molar-refractivity contribution in [2.45, 2.75) is 51.9 Å². The third-order valence-electron chi connectivity index (χ3n) is 2.92. The normalized spacial score (nSPS) is 18.7. The monoisotopic (exact) mass is 192 g/mol. The Balaban J connectivity index is 2.21. The topological polar surface area (TPSA) is 36.1 Å². The van der Waals surface area contributed by atoms with Gasteiger partial charge in [0.1, 0.15) is 0 Å². The van der Waals surface area contributed by atoms with Crippen molar-refractivity contribution in [3.8, 4) is 6.07 Å². The summed E-state index contributed by atoms with van der Waals surface area (Å²) in [6, 6.07) is 2.32. The maximum Gasteiger partial charge on any atom is 0.0656 e. The molecule has 0 aromatic rings. The predicted octanol–water partition coefficient (Wildman–Crippen LogP) is 3.33. The van der Waals surface area contributed by atoms with Gasteiger partial charge in [-0.3, -0.25) is 4.99 Å². The van der Waals surface area contributed by atoms with Crippen molar-refractivity contribution in [3.05, 3.63) is 0 Å². The molecule has 0 saturated heterocycles. The Labute approximate surface area is 87.0 Å². The van der Waals surface area contributed by atoms with E-state index in [0.29, 0.717) is 0 Å². The lowest BCUT2D eigenvalue weighted by molar-refractivity contribution is 0.589. The van der Waals surface area contributed by atoms with Gasteiger partial charge in [0.05, 0.1) is 6.07 Å². The number of nitriles is 1. The fourth-order valence-electron chi connectivity index (χ4n) is 1.86. The van der Waals surface area contributed by atoms with Crippen molar-refractivity contribution in [1.82, 2.24) is 0 Å². The highest BCUT2D eigenvalue weighted by atomic mass is 14.7. The zero-order chi connectivity index (χ0) is 10.2. The molecule has 0 heterocycles. The lowest BCUT2D eigenvalue weighted by Gasteiger charge is -2.12. The number of aliphatic imine (C=N–C) groups is 1. The van der Waals surface area contributed by atoms with Crippen LogP contribution < -0.4 is 0 Å². The molecule has 1 aliphatic carbocycles. The molecule has 0 bridgehead atoms. The summed E-state index contributed by atoms with van der Waals surface area (Å²) in [5.41, 5.74) is 1.39. The second kappa shape index (κ2) is 6.59. The molecule has 2 nitrogen and oxygen atoms in total.